The molecule has 2 atom stereocenters. The number of carbonyl (C=O) groups excluding carboxylic acids is 1. The predicted octanol–water partition coefficient (Wildman–Crippen LogP) is 5.59. The number of amides is 1. The molecule has 0 saturated carbocycles. The van der Waals surface area contributed by atoms with Crippen molar-refractivity contribution in [1.82, 2.24) is 5.32 Å². The van der Waals surface area contributed by atoms with Gasteiger partial charge in [0.2, 0.25) is 5.91 Å². The van der Waals surface area contributed by atoms with Crippen molar-refractivity contribution in [3.8, 4) is 11.1 Å². The molecule has 31 heavy (non-hydrogen) atoms. The molecule has 1 spiro atoms. The SMILES string of the molecule is CC(C)(C)CC1NCCC12C(=O)Nc1cc(Cl)c(C(=O)O)c(-c3cccc(Br)c3F)c12. The summed E-state index contributed by atoms with van der Waals surface area (Å²) in [6, 6.07) is 5.95. The Morgan fingerprint density at radius 1 is 1.39 bits per heavy atom. The molecule has 1 fully saturated rings. The molecule has 2 unspecified atom stereocenters. The van der Waals surface area contributed by atoms with Crippen molar-refractivity contribution in [3.05, 3.63) is 50.7 Å². The molecule has 2 heterocycles. The second-order valence-electron chi connectivity index (χ2n) is 9.38. The van der Waals surface area contributed by atoms with E-state index in [0.717, 1.165) is 0 Å². The summed E-state index contributed by atoms with van der Waals surface area (Å²) in [6.07, 6.45) is 1.17. The number of hydrogen-bond acceptors (Lipinski definition) is 3. The number of carboxylic acid groups (broad SMARTS) is 1. The molecule has 2 aliphatic heterocycles. The highest BCUT2D eigenvalue weighted by Crippen LogP contribution is 2.54. The van der Waals surface area contributed by atoms with Crippen molar-refractivity contribution < 1.29 is 19.1 Å². The first kappa shape index (κ1) is 22.2. The van der Waals surface area contributed by atoms with Crippen LogP contribution in [-0.2, 0) is 10.2 Å². The van der Waals surface area contributed by atoms with Crippen LogP contribution in [0.2, 0.25) is 5.02 Å². The molecule has 8 heteroatoms. The summed E-state index contributed by atoms with van der Waals surface area (Å²) in [5, 5.41) is 16.3. The minimum Gasteiger partial charge on any atom is -0.478 e. The lowest BCUT2D eigenvalue weighted by Crippen LogP contribution is -2.47. The Kier molecular flexibility index (Phi) is 5.43. The standard InChI is InChI=1S/C23H23BrClFN2O3/c1-22(2,3)10-15-23(7-8-27-15)18-14(28-21(23)31)9-13(25)17(20(29)30)16(18)11-5-4-6-12(24)19(11)26/h4-6,9,15,27H,7-8,10H2,1-3H3,(H,28,31)(H,29,30). The van der Waals surface area contributed by atoms with Crippen LogP contribution in [0.4, 0.5) is 10.1 Å². The molecule has 2 aliphatic rings. The Labute approximate surface area is 193 Å². The average Bonchev–Trinajstić information content (AvgIpc) is 3.17. The van der Waals surface area contributed by atoms with Crippen LogP contribution in [0, 0.1) is 11.2 Å². The van der Waals surface area contributed by atoms with Gasteiger partial charge in [0.05, 0.1) is 20.5 Å². The lowest BCUT2D eigenvalue weighted by Gasteiger charge is -2.35. The van der Waals surface area contributed by atoms with Crippen molar-refractivity contribution in [1.29, 1.82) is 0 Å². The van der Waals surface area contributed by atoms with E-state index in [9.17, 15) is 14.7 Å². The molecule has 4 rings (SSSR count). The summed E-state index contributed by atoms with van der Waals surface area (Å²) in [5.74, 6) is -2.07. The van der Waals surface area contributed by atoms with Gasteiger partial charge in [-0.2, -0.15) is 0 Å². The van der Waals surface area contributed by atoms with Crippen molar-refractivity contribution in [2.24, 2.45) is 5.41 Å². The number of aromatic carboxylic acids is 1. The zero-order chi connectivity index (χ0) is 22.7. The minimum atomic E-state index is -1.27. The lowest BCUT2D eigenvalue weighted by atomic mass is 9.68. The number of carboxylic acids is 1. The van der Waals surface area contributed by atoms with Crippen LogP contribution in [0.3, 0.4) is 0 Å². The van der Waals surface area contributed by atoms with Crippen molar-refractivity contribution in [3.63, 3.8) is 0 Å². The second kappa shape index (κ2) is 7.57. The van der Waals surface area contributed by atoms with Crippen LogP contribution in [0.25, 0.3) is 11.1 Å². The van der Waals surface area contributed by atoms with E-state index in [-0.39, 0.29) is 43.5 Å². The van der Waals surface area contributed by atoms with Gasteiger partial charge in [0.15, 0.2) is 0 Å². The third kappa shape index (κ3) is 3.47. The predicted molar refractivity (Wildman–Crippen MR) is 122 cm³/mol. The van der Waals surface area contributed by atoms with Gasteiger partial charge in [0.25, 0.3) is 0 Å². The fraction of sp³-hybridized carbons (Fsp3) is 0.391. The number of fused-ring (bicyclic) bond motifs is 2. The largest absolute Gasteiger partial charge is 0.478 e. The first-order valence-electron chi connectivity index (χ1n) is 10.1. The number of benzene rings is 2. The van der Waals surface area contributed by atoms with Gasteiger partial charge in [-0.3, -0.25) is 4.79 Å². The van der Waals surface area contributed by atoms with Crippen molar-refractivity contribution >= 4 is 45.1 Å². The number of rotatable bonds is 3. The highest BCUT2D eigenvalue weighted by Gasteiger charge is 2.57. The zero-order valence-corrected chi connectivity index (χ0v) is 19.7. The van der Waals surface area contributed by atoms with E-state index >= 15 is 4.39 Å². The van der Waals surface area contributed by atoms with E-state index in [2.05, 4.69) is 47.3 Å². The molecule has 0 aliphatic carbocycles. The molecule has 3 N–H and O–H groups in total. The molecule has 2 aromatic carbocycles. The second-order valence-corrected chi connectivity index (χ2v) is 10.6. The molecule has 5 nitrogen and oxygen atoms in total. The molecule has 2 aromatic rings. The summed E-state index contributed by atoms with van der Waals surface area (Å²) in [7, 11) is 0. The van der Waals surface area contributed by atoms with E-state index in [1.807, 2.05) is 0 Å². The van der Waals surface area contributed by atoms with Gasteiger partial charge in [-0.15, -0.1) is 0 Å². The Bertz CT molecular complexity index is 1110. The fourth-order valence-electron chi connectivity index (χ4n) is 4.96. The topological polar surface area (TPSA) is 78.4 Å². The van der Waals surface area contributed by atoms with Crippen molar-refractivity contribution in [2.75, 3.05) is 11.9 Å². The normalized spacial score (nSPS) is 22.6. The lowest BCUT2D eigenvalue weighted by molar-refractivity contribution is -0.121. The zero-order valence-electron chi connectivity index (χ0n) is 17.4. The Morgan fingerprint density at radius 2 is 2.10 bits per heavy atom. The van der Waals surface area contributed by atoms with Crippen LogP contribution in [-0.4, -0.2) is 29.6 Å². The third-order valence-electron chi connectivity index (χ3n) is 6.13. The van der Waals surface area contributed by atoms with Gasteiger partial charge in [0.1, 0.15) is 5.82 Å². The summed E-state index contributed by atoms with van der Waals surface area (Å²) in [4.78, 5) is 25.7. The molecular formula is C23H23BrClFN2O3. The molecule has 1 saturated heterocycles. The number of nitrogens with one attached hydrogen (secondary N) is 2. The maximum atomic E-state index is 15.3. The number of carbonyl (C=O) groups is 2. The van der Waals surface area contributed by atoms with Gasteiger partial charge in [-0.1, -0.05) is 44.5 Å². The molecular weight excluding hydrogens is 487 g/mol. The van der Waals surface area contributed by atoms with Gasteiger partial charge < -0.3 is 15.7 Å². The summed E-state index contributed by atoms with van der Waals surface area (Å²) in [6.45, 7) is 6.87. The molecule has 0 bridgehead atoms. The molecule has 164 valence electrons. The first-order valence-corrected chi connectivity index (χ1v) is 11.2. The Morgan fingerprint density at radius 3 is 2.74 bits per heavy atom. The summed E-state index contributed by atoms with van der Waals surface area (Å²) >= 11 is 9.55. The van der Waals surface area contributed by atoms with Crippen LogP contribution < -0.4 is 10.6 Å². The molecule has 0 radical (unpaired) electrons. The van der Waals surface area contributed by atoms with Gasteiger partial charge >= 0.3 is 5.97 Å². The van der Waals surface area contributed by atoms with Gasteiger partial charge in [-0.05, 0) is 52.9 Å². The van der Waals surface area contributed by atoms with E-state index < -0.39 is 17.2 Å². The summed E-state index contributed by atoms with van der Waals surface area (Å²) < 4.78 is 15.5. The monoisotopic (exact) mass is 508 g/mol. The highest BCUT2D eigenvalue weighted by molar-refractivity contribution is 9.10. The highest BCUT2D eigenvalue weighted by atomic mass is 79.9. The van der Waals surface area contributed by atoms with Crippen LogP contribution >= 0.6 is 27.5 Å². The van der Waals surface area contributed by atoms with Crippen LogP contribution in [0.5, 0.6) is 0 Å². The maximum absolute atomic E-state index is 15.3. The maximum Gasteiger partial charge on any atom is 0.337 e. The first-order chi connectivity index (χ1) is 14.5. The van der Waals surface area contributed by atoms with Gasteiger partial charge in [0, 0.05) is 28.4 Å². The quantitative estimate of drug-likeness (QED) is 0.504. The number of hydrogen-bond donors (Lipinski definition) is 3. The van der Waals surface area contributed by atoms with E-state index in [1.54, 1.807) is 12.1 Å². The Hall–Kier alpha value is -1.96. The van der Waals surface area contributed by atoms with E-state index in [4.69, 9.17) is 11.6 Å². The van der Waals surface area contributed by atoms with Crippen LogP contribution in [0.15, 0.2) is 28.7 Å². The smallest absolute Gasteiger partial charge is 0.337 e. The number of anilines is 1. The van der Waals surface area contributed by atoms with E-state index in [1.165, 1.54) is 12.1 Å². The summed E-state index contributed by atoms with van der Waals surface area (Å²) in [5.41, 5.74) is -0.0808. The fourth-order valence-corrected chi connectivity index (χ4v) is 5.61. The molecule has 1 amide bonds. The minimum absolute atomic E-state index is 0.0451. The van der Waals surface area contributed by atoms with E-state index in [0.29, 0.717) is 30.6 Å². The van der Waals surface area contributed by atoms with Crippen molar-refractivity contribution in [2.45, 2.75) is 45.1 Å². The van der Waals surface area contributed by atoms with Gasteiger partial charge in [-0.25, -0.2) is 9.18 Å². The molecule has 0 aromatic heterocycles. The van der Waals surface area contributed by atoms with Crippen LogP contribution in [0.1, 0.15) is 49.5 Å². The average molecular weight is 510 g/mol. The Balaban J connectivity index is 2.09. The number of halogens is 3. The third-order valence-corrected chi connectivity index (χ3v) is 7.05.